The van der Waals surface area contributed by atoms with Gasteiger partial charge in [0.1, 0.15) is 5.82 Å². The summed E-state index contributed by atoms with van der Waals surface area (Å²) in [5.41, 5.74) is 0.924. The minimum absolute atomic E-state index is 0.199. The van der Waals surface area contributed by atoms with Crippen molar-refractivity contribution in [3.63, 3.8) is 0 Å². The van der Waals surface area contributed by atoms with Gasteiger partial charge in [-0.2, -0.15) is 5.26 Å². The third-order valence-corrected chi connectivity index (χ3v) is 3.06. The molecule has 1 aromatic rings. The van der Waals surface area contributed by atoms with Gasteiger partial charge in [-0.3, -0.25) is 5.32 Å². The van der Waals surface area contributed by atoms with Gasteiger partial charge in [-0.25, -0.2) is 4.39 Å². The minimum Gasteiger partial charge on any atom is -0.370 e. The SMILES string of the molecule is N#CCNC1CCCN(c2cccc(F)c2)C1. The first-order valence-corrected chi connectivity index (χ1v) is 5.90. The Morgan fingerprint density at radius 1 is 1.53 bits per heavy atom. The molecule has 1 aliphatic heterocycles. The van der Waals surface area contributed by atoms with Crippen molar-refractivity contribution in [3.05, 3.63) is 30.1 Å². The molecule has 2 rings (SSSR count). The zero-order chi connectivity index (χ0) is 12.1. The maximum absolute atomic E-state index is 13.1. The molecule has 1 fully saturated rings. The molecule has 0 radical (unpaired) electrons. The molecule has 0 spiro atoms. The second-order valence-electron chi connectivity index (χ2n) is 4.30. The summed E-state index contributed by atoms with van der Waals surface area (Å²) in [6.07, 6.45) is 2.15. The van der Waals surface area contributed by atoms with Crippen molar-refractivity contribution >= 4 is 5.69 Å². The maximum atomic E-state index is 13.1. The molecule has 0 aliphatic carbocycles. The number of nitrogens with zero attached hydrogens (tertiary/aromatic N) is 2. The molecule has 1 aliphatic rings. The quantitative estimate of drug-likeness (QED) is 0.810. The van der Waals surface area contributed by atoms with E-state index in [2.05, 4.69) is 16.3 Å². The van der Waals surface area contributed by atoms with Crippen LogP contribution in [0.5, 0.6) is 0 Å². The second kappa shape index (κ2) is 5.65. The third-order valence-electron chi connectivity index (χ3n) is 3.06. The fraction of sp³-hybridized carbons (Fsp3) is 0.462. The molecule has 1 unspecified atom stereocenters. The maximum Gasteiger partial charge on any atom is 0.125 e. The van der Waals surface area contributed by atoms with Gasteiger partial charge in [-0.1, -0.05) is 6.07 Å². The lowest BCUT2D eigenvalue weighted by atomic mass is 10.0. The fourth-order valence-electron chi connectivity index (χ4n) is 2.24. The number of hydrogen-bond acceptors (Lipinski definition) is 3. The van der Waals surface area contributed by atoms with Gasteiger partial charge in [-0.05, 0) is 31.0 Å². The van der Waals surface area contributed by atoms with Crippen LogP contribution in [0.4, 0.5) is 10.1 Å². The van der Waals surface area contributed by atoms with E-state index in [4.69, 9.17) is 5.26 Å². The summed E-state index contributed by atoms with van der Waals surface area (Å²) >= 11 is 0. The van der Waals surface area contributed by atoms with Gasteiger partial charge >= 0.3 is 0 Å². The van der Waals surface area contributed by atoms with E-state index < -0.39 is 0 Å². The van der Waals surface area contributed by atoms with Crippen molar-refractivity contribution in [2.45, 2.75) is 18.9 Å². The fourth-order valence-corrected chi connectivity index (χ4v) is 2.24. The van der Waals surface area contributed by atoms with Crippen LogP contribution in [0.25, 0.3) is 0 Å². The highest BCUT2D eigenvalue weighted by Gasteiger charge is 2.19. The van der Waals surface area contributed by atoms with Crippen molar-refractivity contribution in [1.29, 1.82) is 5.26 Å². The van der Waals surface area contributed by atoms with Crippen LogP contribution >= 0.6 is 0 Å². The molecule has 1 atom stereocenters. The van der Waals surface area contributed by atoms with Gasteiger partial charge in [-0.15, -0.1) is 0 Å². The molecule has 1 aromatic carbocycles. The molecule has 0 bridgehead atoms. The number of piperidine rings is 1. The number of nitriles is 1. The van der Waals surface area contributed by atoms with E-state index in [9.17, 15) is 4.39 Å². The molecule has 4 heteroatoms. The van der Waals surface area contributed by atoms with Crippen molar-refractivity contribution in [1.82, 2.24) is 5.32 Å². The van der Waals surface area contributed by atoms with Crippen molar-refractivity contribution < 1.29 is 4.39 Å². The zero-order valence-corrected chi connectivity index (χ0v) is 9.69. The van der Waals surface area contributed by atoms with Crippen LogP contribution in [0.1, 0.15) is 12.8 Å². The normalized spacial score (nSPS) is 20.0. The molecule has 17 heavy (non-hydrogen) atoms. The van der Waals surface area contributed by atoms with Crippen molar-refractivity contribution in [3.8, 4) is 6.07 Å². The van der Waals surface area contributed by atoms with E-state index in [1.165, 1.54) is 6.07 Å². The molecular weight excluding hydrogens is 217 g/mol. The number of rotatable bonds is 3. The van der Waals surface area contributed by atoms with Crippen LogP contribution < -0.4 is 10.2 Å². The lowest BCUT2D eigenvalue weighted by Gasteiger charge is -2.34. The van der Waals surface area contributed by atoms with E-state index in [1.807, 2.05) is 6.07 Å². The van der Waals surface area contributed by atoms with Crippen molar-refractivity contribution in [2.75, 3.05) is 24.5 Å². The molecule has 0 aromatic heterocycles. The third kappa shape index (κ3) is 3.18. The number of anilines is 1. The molecule has 1 N–H and O–H groups in total. The first kappa shape index (κ1) is 11.9. The van der Waals surface area contributed by atoms with Gasteiger partial charge in [0.05, 0.1) is 12.6 Å². The number of hydrogen-bond donors (Lipinski definition) is 1. The summed E-state index contributed by atoms with van der Waals surface area (Å²) in [7, 11) is 0. The van der Waals surface area contributed by atoms with Crippen LogP contribution in [0.2, 0.25) is 0 Å². The molecule has 3 nitrogen and oxygen atoms in total. The highest BCUT2D eigenvalue weighted by molar-refractivity contribution is 5.47. The van der Waals surface area contributed by atoms with Gasteiger partial charge in [0.25, 0.3) is 0 Å². The number of nitrogens with one attached hydrogen (secondary N) is 1. The van der Waals surface area contributed by atoms with E-state index in [0.717, 1.165) is 31.6 Å². The van der Waals surface area contributed by atoms with Gasteiger partial charge < -0.3 is 4.90 Å². The summed E-state index contributed by atoms with van der Waals surface area (Å²) < 4.78 is 13.1. The molecule has 1 saturated heterocycles. The Balaban J connectivity index is 2.00. The zero-order valence-electron chi connectivity index (χ0n) is 9.69. The summed E-state index contributed by atoms with van der Waals surface area (Å²) in [5.74, 6) is -0.199. The highest BCUT2D eigenvalue weighted by Crippen LogP contribution is 2.20. The Morgan fingerprint density at radius 2 is 2.41 bits per heavy atom. The standard InChI is InChI=1S/C13H16FN3/c14-11-3-1-5-13(9-11)17-8-2-4-12(10-17)16-7-6-15/h1,3,5,9,12,16H,2,4,7-8,10H2. The predicted octanol–water partition coefficient (Wildman–Crippen LogP) is 1.91. The van der Waals surface area contributed by atoms with E-state index >= 15 is 0 Å². The Bertz CT molecular complexity index is 413. The average molecular weight is 233 g/mol. The van der Waals surface area contributed by atoms with Crippen LogP contribution in [0, 0.1) is 17.1 Å². The Kier molecular flexibility index (Phi) is 3.94. The highest BCUT2D eigenvalue weighted by atomic mass is 19.1. The molecule has 0 saturated carbocycles. The number of benzene rings is 1. The van der Waals surface area contributed by atoms with Crippen LogP contribution in [0.15, 0.2) is 24.3 Å². The first-order valence-electron chi connectivity index (χ1n) is 5.90. The summed E-state index contributed by atoms with van der Waals surface area (Å²) in [4.78, 5) is 2.17. The van der Waals surface area contributed by atoms with Gasteiger partial charge in [0.2, 0.25) is 0 Å². The first-order chi connectivity index (χ1) is 8.29. The largest absolute Gasteiger partial charge is 0.370 e. The van der Waals surface area contributed by atoms with E-state index in [1.54, 1.807) is 12.1 Å². The lowest BCUT2D eigenvalue weighted by molar-refractivity contribution is 0.438. The van der Waals surface area contributed by atoms with E-state index in [-0.39, 0.29) is 5.82 Å². The monoisotopic (exact) mass is 233 g/mol. The number of halogens is 1. The van der Waals surface area contributed by atoms with Gasteiger partial charge in [0, 0.05) is 24.8 Å². The van der Waals surface area contributed by atoms with Crippen LogP contribution in [0.3, 0.4) is 0 Å². The molecular formula is C13H16FN3. The smallest absolute Gasteiger partial charge is 0.125 e. The van der Waals surface area contributed by atoms with Crippen LogP contribution in [-0.4, -0.2) is 25.7 Å². The minimum atomic E-state index is -0.199. The molecule has 1 heterocycles. The van der Waals surface area contributed by atoms with Crippen molar-refractivity contribution in [2.24, 2.45) is 0 Å². The van der Waals surface area contributed by atoms with Gasteiger partial charge in [0.15, 0.2) is 0 Å². The Hall–Kier alpha value is -1.60. The summed E-state index contributed by atoms with van der Waals surface area (Å²) in [5, 5.41) is 11.7. The van der Waals surface area contributed by atoms with Crippen LogP contribution in [-0.2, 0) is 0 Å². The predicted molar refractivity (Wildman–Crippen MR) is 65.3 cm³/mol. The summed E-state index contributed by atoms with van der Waals surface area (Å²) in [6.45, 7) is 2.17. The topological polar surface area (TPSA) is 39.1 Å². The molecule has 90 valence electrons. The molecule has 0 amide bonds. The summed E-state index contributed by atoms with van der Waals surface area (Å²) in [6, 6.07) is 9.09. The Labute approximate surface area is 101 Å². The lowest BCUT2D eigenvalue weighted by Crippen LogP contribution is -2.45. The van der Waals surface area contributed by atoms with E-state index in [0.29, 0.717) is 12.6 Å². The average Bonchev–Trinajstić information content (AvgIpc) is 2.37. The Morgan fingerprint density at radius 3 is 3.18 bits per heavy atom. The second-order valence-corrected chi connectivity index (χ2v) is 4.30.